The van der Waals surface area contributed by atoms with Gasteiger partial charge in [-0.05, 0) is 36.3 Å². The summed E-state index contributed by atoms with van der Waals surface area (Å²) < 4.78 is 26.7. The van der Waals surface area contributed by atoms with E-state index in [1.807, 2.05) is 0 Å². The summed E-state index contributed by atoms with van der Waals surface area (Å²) in [4.78, 5) is 0. The van der Waals surface area contributed by atoms with Crippen LogP contribution in [0.5, 0.6) is 0 Å². The molecule has 1 radical (unpaired) electrons. The van der Waals surface area contributed by atoms with Crippen molar-refractivity contribution < 1.29 is 8.78 Å². The molecule has 0 saturated heterocycles. The van der Waals surface area contributed by atoms with Crippen molar-refractivity contribution in [2.45, 2.75) is 6.42 Å². The fraction of sp³-hybridized carbons (Fsp3) is 0.0714. The standard InChI is InChI=1S/C14H10ClF2/c15-11-7-4-10(5-8-11)6-9-12-13(16)2-1-3-14(12)17/h2-9H,1H2. The summed E-state index contributed by atoms with van der Waals surface area (Å²) in [6.07, 6.45) is 6.09. The van der Waals surface area contributed by atoms with Crippen LogP contribution in [0, 0.1) is 6.42 Å². The number of allylic oxidation sites excluding steroid dienone is 5. The molecule has 0 bridgehead atoms. The molecule has 0 aromatic heterocycles. The van der Waals surface area contributed by atoms with Crippen molar-refractivity contribution in [3.05, 3.63) is 70.7 Å². The van der Waals surface area contributed by atoms with Crippen LogP contribution in [0.3, 0.4) is 0 Å². The van der Waals surface area contributed by atoms with Gasteiger partial charge < -0.3 is 0 Å². The molecule has 0 N–H and O–H groups in total. The minimum absolute atomic E-state index is 0.00815. The second-order valence-corrected chi connectivity index (χ2v) is 4.07. The first kappa shape index (κ1) is 12.1. The van der Waals surface area contributed by atoms with E-state index in [0.717, 1.165) is 5.56 Å². The third-order valence-electron chi connectivity index (χ3n) is 2.42. The third-order valence-corrected chi connectivity index (χ3v) is 2.67. The van der Waals surface area contributed by atoms with Crippen molar-refractivity contribution in [2.75, 3.05) is 0 Å². The molecule has 3 heteroatoms. The number of benzene rings is 1. The second kappa shape index (κ2) is 5.28. The lowest BCUT2D eigenvalue weighted by atomic mass is 10.0. The summed E-state index contributed by atoms with van der Waals surface area (Å²) in [6, 6.07) is 7.02. The fourth-order valence-electron chi connectivity index (χ4n) is 1.51. The lowest BCUT2D eigenvalue weighted by Crippen LogP contribution is -1.93. The van der Waals surface area contributed by atoms with Gasteiger partial charge in [0.2, 0.25) is 0 Å². The van der Waals surface area contributed by atoms with Gasteiger partial charge in [-0.2, -0.15) is 0 Å². The summed E-state index contributed by atoms with van der Waals surface area (Å²) in [5.74, 6) is -1.04. The summed E-state index contributed by atoms with van der Waals surface area (Å²) >= 11 is 5.74. The minimum atomic E-state index is -0.518. The Balaban J connectivity index is 2.21. The molecule has 0 heterocycles. The smallest absolute Gasteiger partial charge is 0.129 e. The van der Waals surface area contributed by atoms with Gasteiger partial charge in [0.25, 0.3) is 0 Å². The highest BCUT2D eigenvalue weighted by molar-refractivity contribution is 6.30. The van der Waals surface area contributed by atoms with Gasteiger partial charge in [-0.25, -0.2) is 8.78 Å². The molecule has 87 valence electrons. The van der Waals surface area contributed by atoms with E-state index in [1.54, 1.807) is 30.3 Å². The molecule has 17 heavy (non-hydrogen) atoms. The molecule has 0 nitrogen and oxygen atoms in total. The predicted molar refractivity (Wildman–Crippen MR) is 66.7 cm³/mol. The van der Waals surface area contributed by atoms with Gasteiger partial charge in [0.05, 0.1) is 0 Å². The van der Waals surface area contributed by atoms with E-state index in [0.29, 0.717) is 11.4 Å². The Morgan fingerprint density at radius 1 is 1.06 bits per heavy atom. The Kier molecular flexibility index (Phi) is 3.75. The topological polar surface area (TPSA) is 0 Å². The average Bonchev–Trinajstić information content (AvgIpc) is 2.31. The van der Waals surface area contributed by atoms with Gasteiger partial charge in [-0.15, -0.1) is 0 Å². The molecule has 0 atom stereocenters. The quantitative estimate of drug-likeness (QED) is 0.691. The Hall–Kier alpha value is -1.41. The maximum atomic E-state index is 13.3. The van der Waals surface area contributed by atoms with E-state index in [9.17, 15) is 8.78 Å². The van der Waals surface area contributed by atoms with E-state index >= 15 is 0 Å². The maximum absolute atomic E-state index is 13.3. The van der Waals surface area contributed by atoms with Gasteiger partial charge in [0.15, 0.2) is 0 Å². The summed E-state index contributed by atoms with van der Waals surface area (Å²) in [6.45, 7) is 0. The largest absolute Gasteiger partial charge is 0.211 e. The van der Waals surface area contributed by atoms with E-state index in [1.165, 1.54) is 18.6 Å². The first-order chi connectivity index (χ1) is 8.16. The van der Waals surface area contributed by atoms with Gasteiger partial charge >= 0.3 is 0 Å². The number of rotatable bonds is 2. The van der Waals surface area contributed by atoms with Crippen LogP contribution in [-0.4, -0.2) is 0 Å². The highest BCUT2D eigenvalue weighted by Crippen LogP contribution is 2.27. The normalized spacial score (nSPS) is 16.5. The fourth-order valence-corrected chi connectivity index (χ4v) is 1.64. The molecule has 1 aliphatic carbocycles. The Morgan fingerprint density at radius 2 is 1.76 bits per heavy atom. The zero-order valence-corrected chi connectivity index (χ0v) is 9.72. The van der Waals surface area contributed by atoms with Gasteiger partial charge in [-0.1, -0.05) is 29.8 Å². The van der Waals surface area contributed by atoms with E-state index in [2.05, 4.69) is 0 Å². The van der Waals surface area contributed by atoms with Crippen molar-refractivity contribution in [2.24, 2.45) is 0 Å². The summed E-state index contributed by atoms with van der Waals surface area (Å²) in [5, 5.41) is 0.629. The van der Waals surface area contributed by atoms with Crippen LogP contribution in [0.2, 0.25) is 5.02 Å². The number of halogens is 3. The van der Waals surface area contributed by atoms with Crippen LogP contribution in [0.15, 0.2) is 53.6 Å². The van der Waals surface area contributed by atoms with Crippen molar-refractivity contribution in [3.8, 4) is 0 Å². The van der Waals surface area contributed by atoms with Crippen molar-refractivity contribution in [1.29, 1.82) is 0 Å². The molecule has 1 aromatic rings. The van der Waals surface area contributed by atoms with Gasteiger partial charge in [0.1, 0.15) is 11.7 Å². The first-order valence-corrected chi connectivity index (χ1v) is 5.57. The lowest BCUT2D eigenvalue weighted by molar-refractivity contribution is 0.589. The Morgan fingerprint density at radius 3 is 2.41 bits per heavy atom. The molecule has 0 unspecified atom stereocenters. The first-order valence-electron chi connectivity index (χ1n) is 5.19. The van der Waals surface area contributed by atoms with Crippen molar-refractivity contribution in [1.82, 2.24) is 0 Å². The van der Waals surface area contributed by atoms with Crippen molar-refractivity contribution >= 4 is 17.7 Å². The zero-order chi connectivity index (χ0) is 12.3. The predicted octanol–water partition coefficient (Wildman–Crippen LogP) is 5.04. The Bertz CT molecular complexity index is 495. The SMILES string of the molecule is FC1=CC[CH]C(F)=C1C=Cc1ccc(Cl)cc1. The van der Waals surface area contributed by atoms with Crippen molar-refractivity contribution in [3.63, 3.8) is 0 Å². The van der Waals surface area contributed by atoms with E-state index in [-0.39, 0.29) is 5.57 Å². The Labute approximate surface area is 104 Å². The minimum Gasteiger partial charge on any atom is -0.211 e. The number of hydrogen-bond donors (Lipinski definition) is 0. The molecule has 1 aromatic carbocycles. The molecular weight excluding hydrogens is 242 g/mol. The van der Waals surface area contributed by atoms with Crippen LogP contribution in [0.25, 0.3) is 6.08 Å². The average molecular weight is 252 g/mol. The zero-order valence-electron chi connectivity index (χ0n) is 8.96. The van der Waals surface area contributed by atoms with E-state index < -0.39 is 11.7 Å². The highest BCUT2D eigenvalue weighted by Gasteiger charge is 2.13. The maximum Gasteiger partial charge on any atom is 0.129 e. The number of hydrogen-bond acceptors (Lipinski definition) is 0. The van der Waals surface area contributed by atoms with Crippen LogP contribution in [0.4, 0.5) is 8.78 Å². The molecule has 0 spiro atoms. The molecule has 0 aliphatic heterocycles. The van der Waals surface area contributed by atoms with Crippen LogP contribution >= 0.6 is 11.6 Å². The molecular formula is C14H10ClF2. The lowest BCUT2D eigenvalue weighted by Gasteiger charge is -2.07. The molecule has 1 aliphatic rings. The monoisotopic (exact) mass is 251 g/mol. The van der Waals surface area contributed by atoms with E-state index in [4.69, 9.17) is 11.6 Å². The second-order valence-electron chi connectivity index (χ2n) is 3.64. The van der Waals surface area contributed by atoms with Crippen LogP contribution in [0.1, 0.15) is 12.0 Å². The summed E-state index contributed by atoms with van der Waals surface area (Å²) in [7, 11) is 0. The third kappa shape index (κ3) is 3.04. The summed E-state index contributed by atoms with van der Waals surface area (Å²) in [5.41, 5.74) is 0.833. The molecule has 0 fully saturated rings. The molecule has 0 saturated carbocycles. The van der Waals surface area contributed by atoms with Gasteiger partial charge in [-0.3, -0.25) is 0 Å². The molecule has 0 amide bonds. The van der Waals surface area contributed by atoms with Gasteiger partial charge in [0, 0.05) is 17.0 Å². The van der Waals surface area contributed by atoms with Crippen LogP contribution < -0.4 is 0 Å². The van der Waals surface area contributed by atoms with Crippen LogP contribution in [-0.2, 0) is 0 Å². The molecule has 2 rings (SSSR count). The highest BCUT2D eigenvalue weighted by atomic mass is 35.5.